The fourth-order valence-corrected chi connectivity index (χ4v) is 4.71. The Kier molecular flexibility index (Phi) is 8.34. The molecule has 186 valence electrons. The average molecular weight is 475 g/mol. The van der Waals surface area contributed by atoms with E-state index in [9.17, 15) is 4.79 Å². The molecule has 35 heavy (non-hydrogen) atoms. The number of aryl methyl sites for hydroxylation is 1. The maximum absolute atomic E-state index is 11.0. The zero-order chi connectivity index (χ0) is 25.8. The second-order valence-electron chi connectivity index (χ2n) is 10.1. The van der Waals surface area contributed by atoms with Crippen molar-refractivity contribution in [2.75, 3.05) is 13.7 Å². The summed E-state index contributed by atoms with van der Waals surface area (Å²) in [4.78, 5) is 15.7. The number of hydrogen-bond acceptors (Lipinski definition) is 4. The Morgan fingerprint density at radius 3 is 2.63 bits per heavy atom. The van der Waals surface area contributed by atoms with Crippen molar-refractivity contribution in [3.8, 4) is 11.3 Å². The Hall–Kier alpha value is -3.18. The molecule has 1 aromatic carbocycles. The van der Waals surface area contributed by atoms with Gasteiger partial charge in [0, 0.05) is 41.7 Å². The Morgan fingerprint density at radius 2 is 2.00 bits per heavy atom. The van der Waals surface area contributed by atoms with Crippen LogP contribution in [-0.2, 0) is 27.2 Å². The number of carbonyl (C=O) groups is 1. The first-order valence-electron chi connectivity index (χ1n) is 12.2. The molecule has 0 fully saturated rings. The van der Waals surface area contributed by atoms with Gasteiger partial charge in [0.15, 0.2) is 0 Å². The number of rotatable bonds is 11. The number of methoxy groups -OCH3 is 1. The minimum Gasteiger partial charge on any atom is -0.467 e. The van der Waals surface area contributed by atoms with Gasteiger partial charge in [-0.25, -0.2) is 0 Å². The molecule has 0 aliphatic rings. The highest BCUT2D eigenvalue weighted by molar-refractivity contribution is 5.95. The van der Waals surface area contributed by atoms with Crippen molar-refractivity contribution in [3.63, 3.8) is 0 Å². The Morgan fingerprint density at radius 1 is 1.26 bits per heavy atom. The lowest BCUT2D eigenvalue weighted by Gasteiger charge is -2.25. The molecule has 0 aliphatic heterocycles. The third-order valence-corrected chi connectivity index (χ3v) is 6.35. The molecule has 2 heterocycles. The number of pyridine rings is 1. The second kappa shape index (κ2) is 11.0. The highest BCUT2D eigenvalue weighted by Crippen LogP contribution is 2.41. The highest BCUT2D eigenvalue weighted by Gasteiger charge is 2.28. The van der Waals surface area contributed by atoms with E-state index < -0.39 is 0 Å². The number of hydrogen-bond donors (Lipinski definition) is 0. The standard InChI is InChI=1S/C30H38N2O3/c1-9-32-27-13-12-23(21(4)15-20(2)3)16-25(27)26(17-30(6,7)18-35-19-33)29(32)24-11-10-14-31-28(24)22(5)34-8/h10-16,19,22H,4,9,17-18H2,1-3,5-8H3. The number of benzene rings is 1. The first-order valence-corrected chi connectivity index (χ1v) is 12.2. The number of ether oxygens (including phenoxy) is 2. The Labute approximate surface area is 209 Å². The van der Waals surface area contributed by atoms with Crippen LogP contribution in [0.15, 0.2) is 54.8 Å². The van der Waals surface area contributed by atoms with Crippen LogP contribution in [0, 0.1) is 5.41 Å². The van der Waals surface area contributed by atoms with Crippen molar-refractivity contribution in [1.82, 2.24) is 9.55 Å². The number of aromatic nitrogens is 2. The fourth-order valence-electron chi connectivity index (χ4n) is 4.71. The summed E-state index contributed by atoms with van der Waals surface area (Å²) in [6.45, 7) is 18.6. The largest absolute Gasteiger partial charge is 0.467 e. The van der Waals surface area contributed by atoms with Gasteiger partial charge < -0.3 is 14.0 Å². The van der Waals surface area contributed by atoms with Crippen LogP contribution in [0.25, 0.3) is 27.7 Å². The van der Waals surface area contributed by atoms with E-state index in [-0.39, 0.29) is 11.5 Å². The number of allylic oxidation sites excluding steroid dienone is 3. The molecule has 5 nitrogen and oxygen atoms in total. The van der Waals surface area contributed by atoms with Crippen molar-refractivity contribution in [3.05, 3.63) is 71.6 Å². The molecule has 1 unspecified atom stereocenters. The second-order valence-corrected chi connectivity index (χ2v) is 10.1. The van der Waals surface area contributed by atoms with Gasteiger partial charge in [-0.1, -0.05) is 38.1 Å². The summed E-state index contributed by atoms with van der Waals surface area (Å²) in [5.41, 5.74) is 8.52. The van der Waals surface area contributed by atoms with Crippen LogP contribution in [0.1, 0.15) is 64.5 Å². The zero-order valence-electron chi connectivity index (χ0n) is 22.1. The first-order chi connectivity index (χ1) is 16.6. The molecule has 0 bridgehead atoms. The molecule has 0 spiro atoms. The van der Waals surface area contributed by atoms with Gasteiger partial charge in [-0.3, -0.25) is 9.78 Å². The van der Waals surface area contributed by atoms with Gasteiger partial charge in [0.25, 0.3) is 6.47 Å². The summed E-state index contributed by atoms with van der Waals surface area (Å²) in [7, 11) is 1.71. The van der Waals surface area contributed by atoms with Gasteiger partial charge in [-0.2, -0.15) is 0 Å². The highest BCUT2D eigenvalue weighted by atomic mass is 16.5. The number of nitrogens with zero attached hydrogens (tertiary/aromatic N) is 2. The quantitative estimate of drug-likeness (QED) is 0.219. The van der Waals surface area contributed by atoms with Crippen LogP contribution in [0.5, 0.6) is 0 Å². The molecule has 0 aliphatic carbocycles. The maximum atomic E-state index is 11.0. The lowest BCUT2D eigenvalue weighted by molar-refractivity contribution is -0.131. The molecule has 3 aromatic rings. The monoisotopic (exact) mass is 474 g/mol. The first kappa shape index (κ1) is 26.4. The lowest BCUT2D eigenvalue weighted by atomic mass is 9.84. The minimum absolute atomic E-state index is 0.151. The maximum Gasteiger partial charge on any atom is 0.293 e. The molecular weight excluding hydrogens is 436 g/mol. The van der Waals surface area contributed by atoms with Gasteiger partial charge in [-0.15, -0.1) is 0 Å². The van der Waals surface area contributed by atoms with E-state index >= 15 is 0 Å². The van der Waals surface area contributed by atoms with Crippen molar-refractivity contribution in [1.29, 1.82) is 0 Å². The molecular formula is C30H38N2O3. The van der Waals surface area contributed by atoms with Gasteiger partial charge in [0.2, 0.25) is 0 Å². The topological polar surface area (TPSA) is 53.4 Å². The predicted molar refractivity (Wildman–Crippen MR) is 144 cm³/mol. The number of fused-ring (bicyclic) bond motifs is 1. The van der Waals surface area contributed by atoms with Crippen LogP contribution in [0.3, 0.4) is 0 Å². The molecule has 0 amide bonds. The summed E-state index contributed by atoms with van der Waals surface area (Å²) < 4.78 is 13.2. The van der Waals surface area contributed by atoms with Crippen molar-refractivity contribution >= 4 is 22.9 Å². The Balaban J connectivity index is 2.36. The van der Waals surface area contributed by atoms with Gasteiger partial charge in [0.05, 0.1) is 24.1 Å². The molecule has 0 N–H and O–H groups in total. The van der Waals surface area contributed by atoms with Gasteiger partial charge in [-0.05, 0) is 75.1 Å². The average Bonchev–Trinajstić information content (AvgIpc) is 3.13. The fraction of sp³-hybridized carbons (Fsp3) is 0.400. The predicted octanol–water partition coefficient (Wildman–Crippen LogP) is 7.15. The van der Waals surface area contributed by atoms with Crippen LogP contribution >= 0.6 is 0 Å². The smallest absolute Gasteiger partial charge is 0.293 e. The minimum atomic E-state index is -0.259. The zero-order valence-corrected chi connectivity index (χ0v) is 22.1. The summed E-state index contributed by atoms with van der Waals surface area (Å²) in [5, 5.41) is 1.18. The molecule has 1 atom stereocenters. The van der Waals surface area contributed by atoms with Crippen LogP contribution < -0.4 is 0 Å². The Bertz CT molecular complexity index is 1250. The molecule has 5 heteroatoms. The van der Waals surface area contributed by atoms with E-state index in [0.717, 1.165) is 41.1 Å². The van der Waals surface area contributed by atoms with E-state index in [1.807, 2.05) is 19.2 Å². The van der Waals surface area contributed by atoms with Crippen molar-refractivity contribution in [2.45, 2.75) is 60.6 Å². The summed E-state index contributed by atoms with van der Waals surface area (Å²) >= 11 is 0. The molecule has 0 radical (unpaired) electrons. The summed E-state index contributed by atoms with van der Waals surface area (Å²) in [5.74, 6) is 0. The van der Waals surface area contributed by atoms with E-state index in [1.165, 1.54) is 22.0 Å². The lowest BCUT2D eigenvalue weighted by Crippen LogP contribution is -2.22. The normalized spacial score (nSPS) is 12.4. The van der Waals surface area contributed by atoms with Gasteiger partial charge >= 0.3 is 0 Å². The molecule has 0 saturated carbocycles. The van der Waals surface area contributed by atoms with E-state index in [0.29, 0.717) is 13.1 Å². The molecule has 0 saturated heterocycles. The van der Waals surface area contributed by atoms with Crippen LogP contribution in [0.4, 0.5) is 0 Å². The summed E-state index contributed by atoms with van der Waals surface area (Å²) in [6, 6.07) is 10.7. The molecule has 2 aromatic heterocycles. The SMILES string of the molecule is C=C(C=C(C)C)c1ccc2c(c1)c(CC(C)(C)COC=O)c(-c1cccnc1C(C)OC)n2CC. The van der Waals surface area contributed by atoms with Crippen LogP contribution in [-0.4, -0.2) is 29.7 Å². The molecule has 3 rings (SSSR count). The van der Waals surface area contributed by atoms with E-state index in [1.54, 1.807) is 7.11 Å². The summed E-state index contributed by atoms with van der Waals surface area (Å²) in [6.07, 6.45) is 4.51. The van der Waals surface area contributed by atoms with Crippen molar-refractivity contribution in [2.24, 2.45) is 5.41 Å². The van der Waals surface area contributed by atoms with Gasteiger partial charge in [0.1, 0.15) is 0 Å². The van der Waals surface area contributed by atoms with E-state index in [4.69, 9.17) is 14.5 Å². The number of carbonyl (C=O) groups excluding carboxylic acids is 1. The van der Waals surface area contributed by atoms with E-state index in [2.05, 4.69) is 76.1 Å². The van der Waals surface area contributed by atoms with Crippen molar-refractivity contribution < 1.29 is 14.3 Å². The third-order valence-electron chi connectivity index (χ3n) is 6.35. The third kappa shape index (κ3) is 5.73. The van der Waals surface area contributed by atoms with Crippen LogP contribution in [0.2, 0.25) is 0 Å².